The van der Waals surface area contributed by atoms with Gasteiger partial charge in [-0.3, -0.25) is 14.4 Å². The first kappa shape index (κ1) is 31.1. The summed E-state index contributed by atoms with van der Waals surface area (Å²) in [5.74, 6) is -0.743. The minimum Gasteiger partial charge on any atom is -0.350 e. The summed E-state index contributed by atoms with van der Waals surface area (Å²) in [7, 11) is 0. The van der Waals surface area contributed by atoms with Crippen LogP contribution >= 0.6 is 0 Å². The fraction of sp³-hybridized carbons (Fsp3) is 0.382. The summed E-state index contributed by atoms with van der Waals surface area (Å²) in [5, 5.41) is 2.65. The van der Waals surface area contributed by atoms with Crippen LogP contribution in [0.4, 0.5) is 18.9 Å². The second-order valence-corrected chi connectivity index (χ2v) is 12.5. The molecule has 2 saturated heterocycles. The predicted octanol–water partition coefficient (Wildman–Crippen LogP) is 5.60. The van der Waals surface area contributed by atoms with Gasteiger partial charge in [0.1, 0.15) is 12.1 Å². The Hall–Kier alpha value is -4.34. The van der Waals surface area contributed by atoms with Gasteiger partial charge in [0.2, 0.25) is 5.91 Å². The lowest BCUT2D eigenvalue weighted by Crippen LogP contribution is -2.57. The molecule has 0 aromatic heterocycles. The summed E-state index contributed by atoms with van der Waals surface area (Å²) in [4.78, 5) is 45.5. The summed E-state index contributed by atoms with van der Waals surface area (Å²) in [6, 6.07) is 21.9. The molecule has 1 N–H and O–H groups in total. The Labute approximate surface area is 255 Å². The zero-order valence-electron chi connectivity index (χ0n) is 25.2. The van der Waals surface area contributed by atoms with Gasteiger partial charge in [-0.2, -0.15) is 13.2 Å². The Morgan fingerprint density at radius 1 is 0.864 bits per heavy atom. The molecule has 0 bridgehead atoms. The fourth-order valence-corrected chi connectivity index (χ4v) is 5.98. The molecule has 3 aromatic rings. The number of hydrogen-bond donors (Lipinski definition) is 1. The van der Waals surface area contributed by atoms with Gasteiger partial charge in [-0.15, -0.1) is 0 Å². The molecule has 2 aliphatic heterocycles. The van der Waals surface area contributed by atoms with E-state index in [2.05, 4.69) is 26.1 Å². The van der Waals surface area contributed by atoms with Crippen LogP contribution in [0.25, 0.3) is 0 Å². The van der Waals surface area contributed by atoms with E-state index in [1.165, 1.54) is 17.0 Å². The first-order valence-electron chi connectivity index (χ1n) is 14.7. The maximum Gasteiger partial charge on any atom is 0.416 e. The molecule has 44 heavy (non-hydrogen) atoms. The van der Waals surface area contributed by atoms with Crippen LogP contribution in [0.15, 0.2) is 78.9 Å². The van der Waals surface area contributed by atoms with E-state index < -0.39 is 23.2 Å². The molecular weight excluding hydrogens is 569 g/mol. The van der Waals surface area contributed by atoms with Crippen LogP contribution in [0, 0.1) is 0 Å². The maximum atomic E-state index is 14.0. The number of nitrogens with zero attached hydrogens (tertiary/aromatic N) is 3. The minimum absolute atomic E-state index is 0.0240. The van der Waals surface area contributed by atoms with Gasteiger partial charge in [0.25, 0.3) is 11.8 Å². The molecule has 2 heterocycles. The van der Waals surface area contributed by atoms with E-state index in [-0.39, 0.29) is 37.0 Å². The highest BCUT2D eigenvalue weighted by atomic mass is 19.4. The lowest BCUT2D eigenvalue weighted by atomic mass is 9.84. The number of rotatable bonds is 6. The SMILES string of the molecule is CC(C)(C)c1ccc(C(=O)N2CCC3(CC2)C(=O)N(CC(=O)NCc2cccc(C(F)(F)F)c2)CN3c2ccccc2)cc1. The molecule has 3 aromatic carbocycles. The van der Waals surface area contributed by atoms with Gasteiger partial charge in [-0.25, -0.2) is 0 Å². The van der Waals surface area contributed by atoms with Crippen LogP contribution in [0.3, 0.4) is 0 Å². The van der Waals surface area contributed by atoms with E-state index in [4.69, 9.17) is 0 Å². The molecule has 2 aliphatic rings. The van der Waals surface area contributed by atoms with Gasteiger partial charge in [-0.1, -0.05) is 63.2 Å². The number of anilines is 1. The van der Waals surface area contributed by atoms with Crippen molar-refractivity contribution in [1.29, 1.82) is 0 Å². The van der Waals surface area contributed by atoms with Gasteiger partial charge in [0.15, 0.2) is 0 Å². The van der Waals surface area contributed by atoms with Gasteiger partial charge >= 0.3 is 6.18 Å². The van der Waals surface area contributed by atoms with E-state index in [1.54, 1.807) is 4.90 Å². The van der Waals surface area contributed by atoms with E-state index in [9.17, 15) is 27.6 Å². The second kappa shape index (κ2) is 12.0. The van der Waals surface area contributed by atoms with Crippen molar-refractivity contribution in [1.82, 2.24) is 15.1 Å². The molecule has 10 heteroatoms. The number of carbonyl (C=O) groups is 3. The normalized spacial score (nSPS) is 16.9. The van der Waals surface area contributed by atoms with Crippen molar-refractivity contribution in [2.24, 2.45) is 0 Å². The molecule has 232 valence electrons. The third-order valence-corrected chi connectivity index (χ3v) is 8.54. The zero-order valence-corrected chi connectivity index (χ0v) is 25.2. The quantitative estimate of drug-likeness (QED) is 0.397. The summed E-state index contributed by atoms with van der Waals surface area (Å²) < 4.78 is 39.2. The lowest BCUT2D eigenvalue weighted by Gasteiger charge is -2.43. The highest BCUT2D eigenvalue weighted by Gasteiger charge is 2.54. The minimum atomic E-state index is -4.48. The van der Waals surface area contributed by atoms with Crippen molar-refractivity contribution in [3.63, 3.8) is 0 Å². The standard InChI is InChI=1S/C34H37F3N4O3/c1-32(2,3)26-14-12-25(13-15-26)30(43)39-18-16-33(17-19-39)31(44)40(23-41(33)28-10-5-4-6-11-28)22-29(42)38-21-24-8-7-9-27(20-24)34(35,36)37/h4-15,20H,16-19,21-23H2,1-3H3,(H,38,42). The van der Waals surface area contributed by atoms with E-state index in [0.717, 1.165) is 23.4 Å². The van der Waals surface area contributed by atoms with E-state index in [0.29, 0.717) is 37.1 Å². The summed E-state index contributed by atoms with van der Waals surface area (Å²) in [6.45, 7) is 6.98. The molecule has 1 spiro atoms. The average molecular weight is 607 g/mol. The van der Waals surface area contributed by atoms with Crippen LogP contribution < -0.4 is 10.2 Å². The zero-order chi connectivity index (χ0) is 31.7. The number of amides is 3. The predicted molar refractivity (Wildman–Crippen MR) is 162 cm³/mol. The second-order valence-electron chi connectivity index (χ2n) is 12.5. The molecule has 0 atom stereocenters. The Morgan fingerprint density at radius 3 is 2.14 bits per heavy atom. The first-order chi connectivity index (χ1) is 20.8. The lowest BCUT2D eigenvalue weighted by molar-refractivity contribution is -0.138. The van der Waals surface area contributed by atoms with Gasteiger partial charge in [0.05, 0.1) is 12.2 Å². The number of carbonyl (C=O) groups excluding carboxylic acids is 3. The van der Waals surface area contributed by atoms with Crippen molar-refractivity contribution in [3.05, 3.63) is 101 Å². The Balaban J connectivity index is 1.27. The Morgan fingerprint density at radius 2 is 1.52 bits per heavy atom. The van der Waals surface area contributed by atoms with Gasteiger partial charge in [0, 0.05) is 30.9 Å². The van der Waals surface area contributed by atoms with Crippen LogP contribution in [-0.4, -0.2) is 59.4 Å². The number of alkyl halides is 3. The number of piperidine rings is 1. The van der Waals surface area contributed by atoms with Crippen LogP contribution in [0.5, 0.6) is 0 Å². The third-order valence-electron chi connectivity index (χ3n) is 8.54. The summed E-state index contributed by atoms with van der Waals surface area (Å²) >= 11 is 0. The largest absolute Gasteiger partial charge is 0.416 e. The molecule has 2 fully saturated rings. The number of likely N-dealkylation sites (tertiary alicyclic amines) is 1. The van der Waals surface area contributed by atoms with Crippen molar-refractivity contribution in [2.75, 3.05) is 31.2 Å². The number of para-hydroxylation sites is 1. The van der Waals surface area contributed by atoms with E-state index >= 15 is 0 Å². The monoisotopic (exact) mass is 606 g/mol. The molecule has 5 rings (SSSR count). The highest BCUT2D eigenvalue weighted by molar-refractivity contribution is 5.97. The Kier molecular flexibility index (Phi) is 8.46. The molecule has 3 amide bonds. The first-order valence-corrected chi connectivity index (χ1v) is 14.7. The van der Waals surface area contributed by atoms with Crippen LogP contribution in [-0.2, 0) is 27.7 Å². The number of benzene rings is 3. The molecule has 0 saturated carbocycles. The third kappa shape index (κ3) is 6.44. The number of nitrogens with one attached hydrogen (secondary N) is 1. The van der Waals surface area contributed by atoms with Crippen molar-refractivity contribution in [2.45, 2.75) is 57.3 Å². The molecule has 7 nitrogen and oxygen atoms in total. The number of hydrogen-bond acceptors (Lipinski definition) is 4. The van der Waals surface area contributed by atoms with E-state index in [1.807, 2.05) is 59.5 Å². The van der Waals surface area contributed by atoms with Crippen molar-refractivity contribution in [3.8, 4) is 0 Å². The Bertz CT molecular complexity index is 1510. The highest BCUT2D eigenvalue weighted by Crippen LogP contribution is 2.40. The van der Waals surface area contributed by atoms with Gasteiger partial charge in [-0.05, 0) is 65.8 Å². The van der Waals surface area contributed by atoms with Gasteiger partial charge < -0.3 is 20.0 Å². The van der Waals surface area contributed by atoms with Crippen LogP contribution in [0.2, 0.25) is 0 Å². The molecule has 0 unspecified atom stereocenters. The summed E-state index contributed by atoms with van der Waals surface area (Å²) in [6.07, 6.45) is -3.68. The topological polar surface area (TPSA) is 73.0 Å². The molecule has 0 radical (unpaired) electrons. The average Bonchev–Trinajstić information content (AvgIpc) is 3.26. The summed E-state index contributed by atoms with van der Waals surface area (Å²) in [5.41, 5.74) is 1.16. The molecular formula is C34H37F3N4O3. The van der Waals surface area contributed by atoms with Crippen LogP contribution in [0.1, 0.15) is 60.7 Å². The fourth-order valence-electron chi connectivity index (χ4n) is 5.98. The van der Waals surface area contributed by atoms with Crippen molar-refractivity contribution >= 4 is 23.4 Å². The molecule has 0 aliphatic carbocycles. The number of halogens is 3. The smallest absolute Gasteiger partial charge is 0.350 e. The maximum absolute atomic E-state index is 14.0. The van der Waals surface area contributed by atoms with Crippen molar-refractivity contribution < 1.29 is 27.6 Å².